The van der Waals surface area contributed by atoms with Crippen molar-refractivity contribution in [3.63, 3.8) is 0 Å². The highest BCUT2D eigenvalue weighted by atomic mass is 32.1. The summed E-state index contributed by atoms with van der Waals surface area (Å²) in [5.41, 5.74) is 3.65. The Labute approximate surface area is 159 Å². The first-order valence-corrected chi connectivity index (χ1v) is 9.92. The van der Waals surface area contributed by atoms with E-state index in [0.29, 0.717) is 6.42 Å². The molecule has 3 rings (SSSR count). The van der Waals surface area contributed by atoms with Crippen LogP contribution in [0.25, 0.3) is 0 Å². The predicted octanol–water partition coefficient (Wildman–Crippen LogP) is 3.09. The average Bonchev–Trinajstić information content (AvgIpc) is 3.27. The number of guanidine groups is 1. The lowest BCUT2D eigenvalue weighted by Gasteiger charge is -2.17. The van der Waals surface area contributed by atoms with Gasteiger partial charge in [0.05, 0.1) is 6.54 Å². The fraction of sp³-hybridized carbons (Fsp3) is 0.400. The predicted molar refractivity (Wildman–Crippen MR) is 109 cm³/mol. The maximum Gasteiger partial charge on any atom is 0.227 e. The van der Waals surface area contributed by atoms with Crippen molar-refractivity contribution in [2.45, 2.75) is 32.7 Å². The van der Waals surface area contributed by atoms with Crippen LogP contribution in [0.2, 0.25) is 0 Å². The summed E-state index contributed by atoms with van der Waals surface area (Å²) in [6, 6.07) is 10.3. The van der Waals surface area contributed by atoms with Crippen molar-refractivity contribution < 1.29 is 4.79 Å². The molecule has 0 spiro atoms. The maximum atomic E-state index is 12.5. The van der Waals surface area contributed by atoms with Crippen LogP contribution in [0.5, 0.6) is 0 Å². The molecule has 0 bridgehead atoms. The molecule has 6 heteroatoms. The molecule has 0 atom stereocenters. The van der Waals surface area contributed by atoms with Gasteiger partial charge in [-0.05, 0) is 48.4 Å². The van der Waals surface area contributed by atoms with Crippen molar-refractivity contribution in [2.75, 3.05) is 25.0 Å². The quantitative estimate of drug-likeness (QED) is 0.467. The van der Waals surface area contributed by atoms with Crippen molar-refractivity contribution in [1.82, 2.24) is 10.6 Å². The van der Waals surface area contributed by atoms with Gasteiger partial charge >= 0.3 is 0 Å². The smallest absolute Gasteiger partial charge is 0.227 e. The highest BCUT2D eigenvalue weighted by Gasteiger charge is 2.23. The van der Waals surface area contributed by atoms with Gasteiger partial charge in [0.2, 0.25) is 5.91 Å². The fourth-order valence-corrected chi connectivity index (χ4v) is 3.99. The summed E-state index contributed by atoms with van der Waals surface area (Å²) in [5.74, 6) is 0.977. The number of carbonyl (C=O) groups excluding carboxylic acids is 1. The molecule has 138 valence electrons. The van der Waals surface area contributed by atoms with E-state index in [1.165, 1.54) is 16.0 Å². The number of fused-ring (bicyclic) bond motifs is 1. The molecule has 1 amide bonds. The lowest BCUT2D eigenvalue weighted by Crippen LogP contribution is -2.37. The van der Waals surface area contributed by atoms with Crippen molar-refractivity contribution in [3.8, 4) is 0 Å². The number of nitrogens with one attached hydrogen (secondary N) is 2. The third-order valence-corrected chi connectivity index (χ3v) is 5.68. The molecule has 1 aliphatic rings. The van der Waals surface area contributed by atoms with E-state index in [0.717, 1.165) is 44.1 Å². The Morgan fingerprint density at radius 2 is 2.12 bits per heavy atom. The normalized spacial score (nSPS) is 13.6. The van der Waals surface area contributed by atoms with Crippen LogP contribution in [0.1, 0.15) is 28.8 Å². The van der Waals surface area contributed by atoms with Crippen LogP contribution in [0, 0.1) is 6.92 Å². The van der Waals surface area contributed by atoms with Crippen LogP contribution in [-0.4, -0.2) is 32.0 Å². The van der Waals surface area contributed by atoms with Gasteiger partial charge in [-0.3, -0.25) is 9.79 Å². The number of aryl methyl sites for hydroxylation is 1. The molecule has 5 nitrogen and oxygen atoms in total. The number of hydrogen-bond donors (Lipinski definition) is 2. The molecule has 0 saturated carbocycles. The Morgan fingerprint density at radius 3 is 2.88 bits per heavy atom. The average molecular weight is 371 g/mol. The van der Waals surface area contributed by atoms with Crippen LogP contribution >= 0.6 is 11.3 Å². The van der Waals surface area contributed by atoms with Gasteiger partial charge < -0.3 is 15.5 Å². The van der Waals surface area contributed by atoms with Gasteiger partial charge in [-0.15, -0.1) is 11.3 Å². The Balaban J connectivity index is 1.39. The highest BCUT2D eigenvalue weighted by molar-refractivity contribution is 7.10. The van der Waals surface area contributed by atoms with Gasteiger partial charge in [0.15, 0.2) is 5.96 Å². The van der Waals surface area contributed by atoms with Crippen LogP contribution in [0.3, 0.4) is 0 Å². The SMILES string of the molecule is CN=C(NCCCC(=O)N1CCc2ccccc21)NCc1sccc1C. The zero-order chi connectivity index (χ0) is 18.4. The van der Waals surface area contributed by atoms with Crippen LogP contribution in [-0.2, 0) is 17.8 Å². The molecule has 0 fully saturated rings. The molecule has 1 aliphatic heterocycles. The van der Waals surface area contributed by atoms with Crippen LogP contribution < -0.4 is 15.5 Å². The van der Waals surface area contributed by atoms with E-state index in [1.807, 2.05) is 23.1 Å². The van der Waals surface area contributed by atoms with Gasteiger partial charge in [0.1, 0.15) is 0 Å². The summed E-state index contributed by atoms with van der Waals surface area (Å²) in [5, 5.41) is 8.71. The molecule has 2 N–H and O–H groups in total. The summed E-state index contributed by atoms with van der Waals surface area (Å²) in [4.78, 5) is 20.0. The van der Waals surface area contributed by atoms with E-state index in [2.05, 4.69) is 40.1 Å². The minimum Gasteiger partial charge on any atom is -0.356 e. The minimum atomic E-state index is 0.203. The largest absolute Gasteiger partial charge is 0.356 e. The summed E-state index contributed by atoms with van der Waals surface area (Å²) >= 11 is 1.75. The number of nitrogens with zero attached hydrogens (tertiary/aromatic N) is 2. The van der Waals surface area contributed by atoms with E-state index < -0.39 is 0 Å². The third-order valence-electron chi connectivity index (χ3n) is 4.66. The van der Waals surface area contributed by atoms with Gasteiger partial charge in [-0.2, -0.15) is 0 Å². The Hall–Kier alpha value is -2.34. The number of amides is 1. The summed E-state index contributed by atoms with van der Waals surface area (Å²) in [6.07, 6.45) is 2.29. The van der Waals surface area contributed by atoms with Crippen molar-refractivity contribution in [3.05, 3.63) is 51.7 Å². The van der Waals surface area contributed by atoms with E-state index in [-0.39, 0.29) is 5.91 Å². The third kappa shape index (κ3) is 4.43. The molecule has 26 heavy (non-hydrogen) atoms. The Morgan fingerprint density at radius 1 is 1.27 bits per heavy atom. The van der Waals surface area contributed by atoms with Crippen LogP contribution in [0.15, 0.2) is 40.7 Å². The molecule has 0 saturated heterocycles. The number of rotatable bonds is 6. The molecular formula is C20H26N4OS. The van der Waals surface area contributed by atoms with Gasteiger partial charge in [0.25, 0.3) is 0 Å². The second-order valence-corrected chi connectivity index (χ2v) is 7.41. The second-order valence-electron chi connectivity index (χ2n) is 6.41. The molecule has 1 aromatic carbocycles. The number of anilines is 1. The molecule has 1 aromatic heterocycles. The minimum absolute atomic E-state index is 0.203. The molecule has 0 radical (unpaired) electrons. The number of para-hydroxylation sites is 1. The molecule has 0 aliphatic carbocycles. The number of carbonyl (C=O) groups is 1. The molecule has 2 aromatic rings. The lowest BCUT2D eigenvalue weighted by atomic mass is 10.2. The first-order valence-electron chi connectivity index (χ1n) is 9.05. The van der Waals surface area contributed by atoms with Gasteiger partial charge in [0, 0.05) is 37.1 Å². The molecular weight excluding hydrogens is 344 g/mol. The van der Waals surface area contributed by atoms with Gasteiger partial charge in [-0.25, -0.2) is 0 Å². The Kier molecular flexibility index (Phi) is 6.28. The lowest BCUT2D eigenvalue weighted by molar-refractivity contribution is -0.118. The summed E-state index contributed by atoms with van der Waals surface area (Å²) in [6.45, 7) is 4.41. The second kappa shape index (κ2) is 8.85. The van der Waals surface area contributed by atoms with E-state index >= 15 is 0 Å². The number of hydrogen-bond acceptors (Lipinski definition) is 3. The van der Waals surface area contributed by atoms with Crippen molar-refractivity contribution >= 4 is 28.9 Å². The zero-order valence-electron chi connectivity index (χ0n) is 15.4. The van der Waals surface area contributed by atoms with Crippen molar-refractivity contribution in [2.24, 2.45) is 4.99 Å². The zero-order valence-corrected chi connectivity index (χ0v) is 16.2. The number of benzene rings is 1. The standard InChI is InChI=1S/C20H26N4OS/c1-15-10-13-26-18(15)14-23-20(21-2)22-11-5-8-19(25)24-12-9-16-6-3-4-7-17(16)24/h3-4,6-7,10,13H,5,8-9,11-12,14H2,1-2H3,(H2,21,22,23). The van der Waals surface area contributed by atoms with E-state index in [4.69, 9.17) is 0 Å². The number of thiophene rings is 1. The first-order chi connectivity index (χ1) is 12.7. The van der Waals surface area contributed by atoms with Crippen LogP contribution in [0.4, 0.5) is 5.69 Å². The topological polar surface area (TPSA) is 56.7 Å². The summed E-state index contributed by atoms with van der Waals surface area (Å²) < 4.78 is 0. The van der Waals surface area contributed by atoms with E-state index in [1.54, 1.807) is 18.4 Å². The first kappa shape index (κ1) is 18.5. The summed E-state index contributed by atoms with van der Waals surface area (Å²) in [7, 11) is 1.77. The van der Waals surface area contributed by atoms with Gasteiger partial charge in [-0.1, -0.05) is 18.2 Å². The molecule has 0 unspecified atom stereocenters. The van der Waals surface area contributed by atoms with E-state index in [9.17, 15) is 4.79 Å². The molecule has 2 heterocycles. The monoisotopic (exact) mass is 370 g/mol. The Bertz CT molecular complexity index is 784. The highest BCUT2D eigenvalue weighted by Crippen LogP contribution is 2.27. The van der Waals surface area contributed by atoms with Crippen molar-refractivity contribution in [1.29, 1.82) is 0 Å². The maximum absolute atomic E-state index is 12.5. The fourth-order valence-electron chi connectivity index (χ4n) is 3.15. The number of aliphatic imine (C=N–C) groups is 1.